The fourth-order valence-corrected chi connectivity index (χ4v) is 4.14. The maximum absolute atomic E-state index is 12.3. The second kappa shape index (κ2) is 8.57. The van der Waals surface area contributed by atoms with Gasteiger partial charge in [-0.1, -0.05) is 18.2 Å². The summed E-state index contributed by atoms with van der Waals surface area (Å²) in [5, 5.41) is 2.89. The lowest BCUT2D eigenvalue weighted by atomic mass is 10.1. The largest absolute Gasteiger partial charge is 0.326 e. The van der Waals surface area contributed by atoms with E-state index in [9.17, 15) is 13.2 Å². The molecule has 0 heterocycles. The molecule has 6 heteroatoms. The number of hydrogen-bond donors (Lipinski definition) is 1. The summed E-state index contributed by atoms with van der Waals surface area (Å²) in [7, 11) is -3.42. The normalized spacial score (nSPS) is 11.3. The average molecular weight is 389 g/mol. The minimum atomic E-state index is -3.42. The van der Waals surface area contributed by atoms with Crippen LogP contribution in [0.4, 0.5) is 11.4 Å². The highest BCUT2D eigenvalue weighted by atomic mass is 32.2. The number of amides is 1. The fourth-order valence-electron chi connectivity index (χ4n) is 3.12. The molecule has 27 heavy (non-hydrogen) atoms. The molecule has 0 unspecified atom stereocenters. The third kappa shape index (κ3) is 5.82. The summed E-state index contributed by atoms with van der Waals surface area (Å²) >= 11 is 0. The zero-order valence-corrected chi connectivity index (χ0v) is 17.5. The minimum absolute atomic E-state index is 0.116. The van der Waals surface area contributed by atoms with Gasteiger partial charge >= 0.3 is 0 Å². The first-order chi connectivity index (χ1) is 12.6. The Labute approximate surface area is 162 Å². The Morgan fingerprint density at radius 3 is 2.26 bits per heavy atom. The van der Waals surface area contributed by atoms with Crippen LogP contribution in [0.15, 0.2) is 36.4 Å². The van der Waals surface area contributed by atoms with E-state index in [1.165, 1.54) is 10.6 Å². The second-order valence-electron chi connectivity index (χ2n) is 7.08. The van der Waals surface area contributed by atoms with Crippen LogP contribution in [0.2, 0.25) is 0 Å². The van der Waals surface area contributed by atoms with Crippen molar-refractivity contribution in [3.05, 3.63) is 58.7 Å². The van der Waals surface area contributed by atoms with E-state index in [-0.39, 0.29) is 18.9 Å². The van der Waals surface area contributed by atoms with Gasteiger partial charge in [-0.3, -0.25) is 9.10 Å². The molecule has 0 spiro atoms. The highest BCUT2D eigenvalue weighted by Crippen LogP contribution is 2.25. The van der Waals surface area contributed by atoms with Gasteiger partial charge in [-0.25, -0.2) is 8.42 Å². The molecule has 2 rings (SSSR count). The van der Waals surface area contributed by atoms with Crippen LogP contribution in [-0.2, 0) is 14.8 Å². The van der Waals surface area contributed by atoms with Gasteiger partial charge in [-0.2, -0.15) is 0 Å². The predicted octanol–water partition coefficient (Wildman–Crippen LogP) is 4.11. The van der Waals surface area contributed by atoms with Gasteiger partial charge < -0.3 is 5.32 Å². The monoisotopic (exact) mass is 388 g/mol. The van der Waals surface area contributed by atoms with E-state index in [0.717, 1.165) is 27.9 Å². The van der Waals surface area contributed by atoms with Gasteiger partial charge in [-0.05, 0) is 74.6 Å². The Morgan fingerprint density at radius 2 is 1.67 bits per heavy atom. The van der Waals surface area contributed by atoms with Gasteiger partial charge in [0.15, 0.2) is 0 Å². The molecule has 0 aliphatic carbocycles. The summed E-state index contributed by atoms with van der Waals surface area (Å²) < 4.78 is 25.9. The molecule has 0 saturated heterocycles. The zero-order valence-electron chi connectivity index (χ0n) is 16.7. The zero-order chi connectivity index (χ0) is 20.2. The van der Waals surface area contributed by atoms with E-state index in [1.54, 1.807) is 6.07 Å². The molecule has 1 N–H and O–H groups in total. The lowest BCUT2D eigenvalue weighted by Gasteiger charge is -2.25. The Bertz CT molecular complexity index is 916. The van der Waals surface area contributed by atoms with Gasteiger partial charge in [-0.15, -0.1) is 0 Å². The van der Waals surface area contributed by atoms with Gasteiger partial charge in [0.25, 0.3) is 0 Å². The highest BCUT2D eigenvalue weighted by Gasteiger charge is 2.19. The van der Waals surface area contributed by atoms with E-state index in [0.29, 0.717) is 12.1 Å². The lowest BCUT2D eigenvalue weighted by Crippen LogP contribution is -2.32. The molecule has 0 aliphatic rings. The third-order valence-electron chi connectivity index (χ3n) is 4.52. The number of benzene rings is 2. The van der Waals surface area contributed by atoms with E-state index >= 15 is 0 Å². The Morgan fingerprint density at radius 1 is 1.04 bits per heavy atom. The van der Waals surface area contributed by atoms with Crippen LogP contribution >= 0.6 is 0 Å². The van der Waals surface area contributed by atoms with Gasteiger partial charge in [0.1, 0.15) is 0 Å². The van der Waals surface area contributed by atoms with Gasteiger partial charge in [0.2, 0.25) is 15.9 Å². The summed E-state index contributed by atoms with van der Waals surface area (Å²) in [6.07, 6.45) is 1.89. The number of carbonyl (C=O) groups excluding carboxylic acids is 1. The molecule has 2 aromatic rings. The molecular weight excluding hydrogens is 360 g/mol. The van der Waals surface area contributed by atoms with Crippen LogP contribution in [0.5, 0.6) is 0 Å². The van der Waals surface area contributed by atoms with Crippen molar-refractivity contribution in [3.63, 3.8) is 0 Å². The first kappa shape index (κ1) is 21.0. The van der Waals surface area contributed by atoms with Crippen LogP contribution in [0, 0.1) is 27.7 Å². The topological polar surface area (TPSA) is 66.5 Å². The van der Waals surface area contributed by atoms with E-state index < -0.39 is 10.0 Å². The molecule has 0 atom stereocenters. The highest BCUT2D eigenvalue weighted by molar-refractivity contribution is 7.92. The van der Waals surface area contributed by atoms with Gasteiger partial charge in [0.05, 0.1) is 11.9 Å². The van der Waals surface area contributed by atoms with Crippen molar-refractivity contribution < 1.29 is 13.2 Å². The number of sulfonamides is 1. The second-order valence-corrected chi connectivity index (χ2v) is 8.99. The van der Waals surface area contributed by atoms with Gasteiger partial charge in [0, 0.05) is 18.7 Å². The van der Waals surface area contributed by atoms with Crippen LogP contribution in [-0.4, -0.2) is 27.1 Å². The summed E-state index contributed by atoms with van der Waals surface area (Å²) in [6.45, 7) is 8.10. The molecule has 0 fully saturated rings. The smallest absolute Gasteiger partial charge is 0.232 e. The molecule has 1 amide bonds. The SMILES string of the molecule is Cc1cc(C)cc(NC(=O)CCCN(c2cccc(C)c2C)S(C)(=O)=O)c1. The molecule has 0 aliphatic heterocycles. The first-order valence-corrected chi connectivity index (χ1v) is 10.8. The first-order valence-electron chi connectivity index (χ1n) is 9.00. The van der Waals surface area contributed by atoms with E-state index in [1.807, 2.05) is 58.0 Å². The Balaban J connectivity index is 2.03. The molecule has 5 nitrogen and oxygen atoms in total. The van der Waals surface area contributed by atoms with Crippen molar-refractivity contribution in [1.82, 2.24) is 0 Å². The quantitative estimate of drug-likeness (QED) is 0.776. The third-order valence-corrected chi connectivity index (χ3v) is 5.70. The molecule has 0 aromatic heterocycles. The number of rotatable bonds is 7. The lowest BCUT2D eigenvalue weighted by molar-refractivity contribution is -0.116. The molecule has 0 bridgehead atoms. The van der Waals surface area contributed by atoms with Crippen LogP contribution in [0.1, 0.15) is 35.1 Å². The Kier molecular flexibility index (Phi) is 6.65. The van der Waals surface area contributed by atoms with Crippen molar-refractivity contribution in [1.29, 1.82) is 0 Å². The van der Waals surface area contributed by atoms with Crippen molar-refractivity contribution >= 4 is 27.3 Å². The van der Waals surface area contributed by atoms with Crippen molar-refractivity contribution in [2.45, 2.75) is 40.5 Å². The number of anilines is 2. The van der Waals surface area contributed by atoms with E-state index in [4.69, 9.17) is 0 Å². The average Bonchev–Trinajstić information content (AvgIpc) is 2.52. The molecule has 2 aromatic carbocycles. The number of hydrogen-bond acceptors (Lipinski definition) is 3. The summed E-state index contributed by atoms with van der Waals surface area (Å²) in [5.74, 6) is -0.116. The maximum Gasteiger partial charge on any atom is 0.232 e. The standard InChI is InChI=1S/C21H28N2O3S/c1-15-12-16(2)14-19(13-15)22-21(24)10-7-11-23(27(5,25)26)20-9-6-8-17(3)18(20)4/h6,8-9,12-14H,7,10-11H2,1-5H3,(H,22,24). The minimum Gasteiger partial charge on any atom is -0.326 e. The van der Waals surface area contributed by atoms with Crippen molar-refractivity contribution in [2.75, 3.05) is 22.4 Å². The molecule has 0 saturated carbocycles. The number of nitrogens with zero attached hydrogens (tertiary/aromatic N) is 1. The number of aryl methyl sites for hydroxylation is 3. The number of nitrogens with one attached hydrogen (secondary N) is 1. The molecular formula is C21H28N2O3S. The Hall–Kier alpha value is -2.34. The molecule has 0 radical (unpaired) electrons. The number of carbonyl (C=O) groups is 1. The van der Waals surface area contributed by atoms with Crippen molar-refractivity contribution in [3.8, 4) is 0 Å². The summed E-state index contributed by atoms with van der Waals surface area (Å²) in [4.78, 5) is 12.2. The predicted molar refractivity (Wildman–Crippen MR) is 112 cm³/mol. The maximum atomic E-state index is 12.3. The summed E-state index contributed by atoms with van der Waals surface area (Å²) in [5.41, 5.74) is 5.59. The fraction of sp³-hybridized carbons (Fsp3) is 0.381. The van der Waals surface area contributed by atoms with Crippen molar-refractivity contribution in [2.24, 2.45) is 0 Å². The van der Waals surface area contributed by atoms with Crippen LogP contribution in [0.25, 0.3) is 0 Å². The van der Waals surface area contributed by atoms with Crippen LogP contribution in [0.3, 0.4) is 0 Å². The summed E-state index contributed by atoms with van der Waals surface area (Å²) in [6, 6.07) is 11.5. The molecule has 146 valence electrons. The van der Waals surface area contributed by atoms with Crippen LogP contribution < -0.4 is 9.62 Å². The van der Waals surface area contributed by atoms with E-state index in [2.05, 4.69) is 5.32 Å².